The van der Waals surface area contributed by atoms with Crippen molar-refractivity contribution in [1.82, 2.24) is 0 Å². The van der Waals surface area contributed by atoms with Crippen molar-refractivity contribution in [3.05, 3.63) is 388 Å². The smallest absolute Gasteiger partial charge is 0.206 e. The molecule has 18 aromatic rings. The molecular formula is C132H148F6N6+6. The number of rotatable bonds is 11. The minimum atomic E-state index is -0.118. The van der Waals surface area contributed by atoms with E-state index in [0.29, 0.717) is 63.0 Å². The van der Waals surface area contributed by atoms with Gasteiger partial charge in [0.15, 0.2) is 37.2 Å². The number of benzene rings is 12. The summed E-state index contributed by atoms with van der Waals surface area (Å²) in [6.45, 7) is 54.9. The molecule has 1 fully saturated rings. The quantitative estimate of drug-likeness (QED) is 0.0910. The van der Waals surface area contributed by atoms with E-state index in [0.717, 1.165) is 166 Å². The Hall–Kier alpha value is -13.3. The van der Waals surface area contributed by atoms with Crippen molar-refractivity contribution >= 4 is 64.6 Å². The average molecular weight is 1930 g/mol. The van der Waals surface area contributed by atoms with Crippen LogP contribution in [0.3, 0.4) is 0 Å². The summed E-state index contributed by atoms with van der Waals surface area (Å²) >= 11 is 0. The number of hydrogen-bond acceptors (Lipinski definition) is 0. The van der Waals surface area contributed by atoms with Gasteiger partial charge in [-0.2, -0.15) is 0 Å². The first-order chi connectivity index (χ1) is 68.1. The molecule has 12 aromatic carbocycles. The van der Waals surface area contributed by atoms with E-state index in [1.54, 1.807) is 0 Å². The number of fused-ring (bicyclic) bond motifs is 6. The molecule has 0 N–H and O–H groups in total. The number of aromatic nitrogens is 6. The maximum atomic E-state index is 15.1. The van der Waals surface area contributed by atoms with E-state index < -0.39 is 0 Å². The molecular weight excluding hydrogens is 1780 g/mol. The standard InChI is InChI=1S/C24H27FN.4C22H25FN.C20H21FN/c1-15-13-21(16(2)17(3)23(15)25)24-22-14-20(18-7-5-6-8-18)10-9-19(22)11-12-26(24)4;1-13(2)17-7-8-19-18(12-17)9-10-24(6)22(19)20-16(5)14(3)11-15(4)21(20)23;1-13(2)18-8-7-17-9-10-24(6)22(19(17)12-18)20-16(5)14(3)11-15(4)21(20)23;1-13(2)17-8-7-9-19-18(17)10-11-24(6)22(19)20-16(5)14(3)12-15(4)21(20)23;1-13(2)19-12-24(6)22(18-10-8-7-9-17(18)19)20-16(5)14(3)11-15(4)21(20)23;1-12-10-13(2)19(21)18(15(12)4)20-17-9-7-6-8-16(17)14(3)11-22(20)5/h9-14,18H,5-8H2,1-4H3;4*7-13H,1-6H3;6-11H,1-5H3/q6*+1. The number of pyridine rings is 6. The lowest BCUT2D eigenvalue weighted by Crippen LogP contribution is -2.32. The van der Waals surface area contributed by atoms with E-state index in [1.807, 2.05) is 231 Å². The first kappa shape index (κ1) is 106. The summed E-state index contributed by atoms with van der Waals surface area (Å²) in [6, 6.07) is 63.1. The molecule has 6 nitrogen and oxygen atoms in total. The van der Waals surface area contributed by atoms with Crippen molar-refractivity contribution in [3.63, 3.8) is 0 Å². The Balaban J connectivity index is 0.000000137. The molecule has 6 heterocycles. The van der Waals surface area contributed by atoms with Crippen LogP contribution in [-0.4, -0.2) is 0 Å². The normalized spacial score (nSPS) is 12.1. The van der Waals surface area contributed by atoms with Crippen LogP contribution in [0.5, 0.6) is 0 Å². The van der Waals surface area contributed by atoms with Crippen molar-refractivity contribution in [2.24, 2.45) is 42.3 Å². The lowest BCUT2D eigenvalue weighted by molar-refractivity contribution is -0.659. The van der Waals surface area contributed by atoms with Crippen LogP contribution in [0.2, 0.25) is 0 Å². The van der Waals surface area contributed by atoms with Crippen LogP contribution in [0.4, 0.5) is 26.3 Å². The first-order valence-corrected chi connectivity index (χ1v) is 51.2. The summed E-state index contributed by atoms with van der Waals surface area (Å²) in [6.07, 6.45) is 17.7. The molecule has 1 aliphatic carbocycles. The Bertz CT molecular complexity index is 7770. The SMILES string of the molecule is Cc1cc(-c2c3cc(C4CCCC4)ccc3cc[n+]2C)c(C)c(C)c1F.Cc1cc(C)c(F)c(-c2c3cc(C(C)C)ccc3cc[n+]2C)c1C.Cc1cc(C)c(F)c(-c2c3ccc(C(C)C)cc3cc[n+]2C)c1C.Cc1cc(C)c(F)c(-c2c3cccc(C(C)C)c3cc[n+]2C)c1C.Cc1cc(C)c(F)c(-c2c3ccccc3c(C(C)C)c[n+]2C)c1C.Cc1cc(C)c(F)c(-c2c3ccccc3c(C)c[n+]2C)c1C. The highest BCUT2D eigenvalue weighted by atomic mass is 19.1. The van der Waals surface area contributed by atoms with Gasteiger partial charge < -0.3 is 0 Å². The molecule has 742 valence electrons. The summed E-state index contributed by atoms with van der Waals surface area (Å²) in [5, 5.41) is 13.9. The molecule has 19 rings (SSSR count). The highest BCUT2D eigenvalue weighted by Gasteiger charge is 2.33. The fourth-order valence-corrected chi connectivity index (χ4v) is 21.8. The molecule has 1 aliphatic rings. The lowest BCUT2D eigenvalue weighted by Gasteiger charge is -2.15. The van der Waals surface area contributed by atoms with Crippen molar-refractivity contribution < 1.29 is 53.7 Å². The molecule has 0 radical (unpaired) electrons. The van der Waals surface area contributed by atoms with Crippen molar-refractivity contribution in [2.75, 3.05) is 0 Å². The van der Waals surface area contributed by atoms with Gasteiger partial charge in [-0.25, -0.2) is 53.7 Å². The fraction of sp³-hybridized carbons (Fsp3) is 0.318. The molecule has 0 saturated heterocycles. The van der Waals surface area contributed by atoms with Gasteiger partial charge in [-0.15, -0.1) is 0 Å². The Morgan fingerprint density at radius 1 is 0.229 bits per heavy atom. The first-order valence-electron chi connectivity index (χ1n) is 51.2. The van der Waals surface area contributed by atoms with E-state index in [-0.39, 0.29) is 34.9 Å². The minimum absolute atomic E-state index is 0.0826. The molecule has 12 heteroatoms. The summed E-state index contributed by atoms with van der Waals surface area (Å²) in [5.74, 6) is 1.80. The van der Waals surface area contributed by atoms with Crippen molar-refractivity contribution in [1.29, 1.82) is 0 Å². The highest BCUT2D eigenvalue weighted by molar-refractivity contribution is 6.01. The zero-order valence-electron chi connectivity index (χ0n) is 91.5. The summed E-state index contributed by atoms with van der Waals surface area (Å²) in [7, 11) is 12.1. The van der Waals surface area contributed by atoms with Gasteiger partial charge in [-0.05, 0) is 371 Å². The zero-order valence-corrected chi connectivity index (χ0v) is 91.5. The van der Waals surface area contributed by atoms with Crippen molar-refractivity contribution in [3.8, 4) is 67.5 Å². The van der Waals surface area contributed by atoms with Crippen LogP contribution >= 0.6 is 0 Å². The average Bonchev–Trinajstić information content (AvgIpc) is 0.831. The maximum Gasteiger partial charge on any atom is 0.223 e. The Morgan fingerprint density at radius 2 is 0.562 bits per heavy atom. The van der Waals surface area contributed by atoms with Crippen molar-refractivity contribution in [2.45, 2.75) is 242 Å². The number of hydrogen-bond donors (Lipinski definition) is 0. The van der Waals surface area contributed by atoms with Crippen LogP contribution in [-0.2, 0) is 42.3 Å². The molecule has 144 heavy (non-hydrogen) atoms. The molecule has 1 saturated carbocycles. The van der Waals surface area contributed by atoms with Crippen LogP contribution in [0.1, 0.15) is 244 Å². The third-order valence-electron chi connectivity index (χ3n) is 30.9. The highest BCUT2D eigenvalue weighted by Crippen LogP contribution is 2.45. The van der Waals surface area contributed by atoms with E-state index in [4.69, 9.17) is 0 Å². The largest absolute Gasteiger partial charge is 0.223 e. The van der Waals surface area contributed by atoms with Gasteiger partial charge in [-0.1, -0.05) is 183 Å². The number of nitrogens with zero attached hydrogens (tertiary/aromatic N) is 6. The number of aryl methyl sites for hydroxylation is 18. The third kappa shape index (κ3) is 20.9. The number of halogens is 6. The van der Waals surface area contributed by atoms with Gasteiger partial charge in [0, 0.05) is 35.4 Å². The molecule has 6 aromatic heterocycles. The molecule has 0 bridgehead atoms. The predicted octanol–water partition coefficient (Wildman–Crippen LogP) is 32.8. The molecule has 0 amide bonds. The van der Waals surface area contributed by atoms with Gasteiger partial charge >= 0.3 is 0 Å². The lowest BCUT2D eigenvalue weighted by atomic mass is 9.91. The zero-order chi connectivity index (χ0) is 105. The minimum Gasteiger partial charge on any atom is -0.206 e. The molecule has 0 spiro atoms. The predicted molar refractivity (Wildman–Crippen MR) is 591 cm³/mol. The topological polar surface area (TPSA) is 23.3 Å². The van der Waals surface area contributed by atoms with Crippen LogP contribution < -0.4 is 27.4 Å². The van der Waals surface area contributed by atoms with Gasteiger partial charge in [0.1, 0.15) is 77.2 Å². The fourth-order valence-electron chi connectivity index (χ4n) is 21.8. The van der Waals surface area contributed by atoms with Crippen LogP contribution in [0, 0.1) is 166 Å². The maximum absolute atomic E-state index is 15.1. The summed E-state index contributed by atoms with van der Waals surface area (Å²) in [5.41, 5.74) is 35.2. The second-order valence-electron chi connectivity index (χ2n) is 42.4. The van der Waals surface area contributed by atoms with Gasteiger partial charge in [-0.3, -0.25) is 0 Å². The van der Waals surface area contributed by atoms with Crippen LogP contribution in [0.15, 0.2) is 219 Å². The second-order valence-corrected chi connectivity index (χ2v) is 42.4. The van der Waals surface area contributed by atoms with Gasteiger partial charge in [0.05, 0.1) is 65.7 Å². The van der Waals surface area contributed by atoms with E-state index in [9.17, 15) is 8.78 Å². The molecule has 0 atom stereocenters. The van der Waals surface area contributed by atoms with E-state index >= 15 is 17.6 Å². The van der Waals surface area contributed by atoms with E-state index in [2.05, 4.69) is 245 Å². The Morgan fingerprint density at radius 3 is 1.00 bits per heavy atom. The van der Waals surface area contributed by atoms with Gasteiger partial charge in [0.25, 0.3) is 0 Å². The molecule has 0 unspecified atom stereocenters. The Kier molecular flexibility index (Phi) is 32.3. The van der Waals surface area contributed by atoms with Gasteiger partial charge in [0.2, 0.25) is 34.2 Å². The Labute approximate surface area is 852 Å². The molecule has 0 aliphatic heterocycles. The summed E-state index contributed by atoms with van der Waals surface area (Å²) < 4.78 is 102. The van der Waals surface area contributed by atoms with E-state index in [1.165, 1.54) is 91.7 Å². The summed E-state index contributed by atoms with van der Waals surface area (Å²) in [4.78, 5) is 0. The van der Waals surface area contributed by atoms with Crippen LogP contribution in [0.25, 0.3) is 132 Å². The monoisotopic (exact) mass is 1930 g/mol. The third-order valence-corrected chi connectivity index (χ3v) is 30.9. The second kappa shape index (κ2) is 43.7.